The minimum Gasteiger partial charge on any atom is -0.444 e. The standard InChI is InChI=1S/C20H29N3O4/c1-20(2,3)27-19(26)22-17(15-10-6-4-7-11-15)18(25)21-14-16(24)23-12-8-5-9-13-23/h4,6-7,10-11,17H,5,8-9,12-14H2,1-3H3,(H,21,25)(H,22,26). The third-order valence-corrected chi connectivity index (χ3v) is 4.18. The molecule has 1 aromatic rings. The van der Waals surface area contributed by atoms with Gasteiger partial charge in [0, 0.05) is 13.1 Å². The highest BCUT2D eigenvalue weighted by Gasteiger charge is 2.26. The van der Waals surface area contributed by atoms with Crippen LogP contribution in [0.2, 0.25) is 0 Å². The van der Waals surface area contributed by atoms with Crippen LogP contribution >= 0.6 is 0 Å². The zero-order valence-electron chi connectivity index (χ0n) is 16.3. The minimum atomic E-state index is -0.935. The molecule has 1 fully saturated rings. The van der Waals surface area contributed by atoms with Crippen molar-refractivity contribution in [2.75, 3.05) is 19.6 Å². The SMILES string of the molecule is CC(C)(C)OC(=O)NC(C(=O)NCC(=O)N1CCCCC1)c1ccccc1. The molecule has 27 heavy (non-hydrogen) atoms. The number of benzene rings is 1. The van der Waals surface area contributed by atoms with Gasteiger partial charge in [0.05, 0.1) is 6.54 Å². The number of nitrogens with one attached hydrogen (secondary N) is 2. The second-order valence-electron chi connectivity index (χ2n) is 7.65. The highest BCUT2D eigenvalue weighted by Crippen LogP contribution is 2.15. The Bertz CT molecular complexity index is 649. The average Bonchev–Trinajstić information content (AvgIpc) is 2.64. The van der Waals surface area contributed by atoms with E-state index in [-0.39, 0.29) is 12.5 Å². The Morgan fingerprint density at radius 1 is 1.07 bits per heavy atom. The Kier molecular flexibility index (Phi) is 7.21. The van der Waals surface area contributed by atoms with Crippen molar-refractivity contribution >= 4 is 17.9 Å². The molecule has 3 amide bonds. The van der Waals surface area contributed by atoms with Crippen LogP contribution in [0, 0.1) is 0 Å². The third kappa shape index (κ3) is 6.92. The molecule has 2 rings (SSSR count). The molecule has 0 spiro atoms. The molecule has 0 radical (unpaired) electrons. The number of alkyl carbamates (subject to hydrolysis) is 1. The lowest BCUT2D eigenvalue weighted by molar-refractivity contribution is -0.134. The molecule has 0 aromatic heterocycles. The summed E-state index contributed by atoms with van der Waals surface area (Å²) in [6.07, 6.45) is 2.43. The molecular weight excluding hydrogens is 346 g/mol. The van der Waals surface area contributed by atoms with Crippen molar-refractivity contribution in [1.29, 1.82) is 0 Å². The van der Waals surface area contributed by atoms with Crippen LogP contribution in [-0.4, -0.2) is 48.0 Å². The lowest BCUT2D eigenvalue weighted by Gasteiger charge is -2.27. The van der Waals surface area contributed by atoms with E-state index in [4.69, 9.17) is 4.74 Å². The van der Waals surface area contributed by atoms with Crippen molar-refractivity contribution in [3.8, 4) is 0 Å². The number of hydrogen-bond acceptors (Lipinski definition) is 4. The quantitative estimate of drug-likeness (QED) is 0.827. The van der Waals surface area contributed by atoms with E-state index in [1.807, 2.05) is 6.07 Å². The molecule has 1 aliphatic rings. The van der Waals surface area contributed by atoms with Crippen molar-refractivity contribution < 1.29 is 19.1 Å². The Hall–Kier alpha value is -2.57. The fourth-order valence-electron chi connectivity index (χ4n) is 2.89. The third-order valence-electron chi connectivity index (χ3n) is 4.18. The predicted octanol–water partition coefficient (Wildman–Crippen LogP) is 2.38. The van der Waals surface area contributed by atoms with Crippen LogP contribution in [0.1, 0.15) is 51.6 Å². The number of ether oxygens (including phenoxy) is 1. The zero-order valence-corrected chi connectivity index (χ0v) is 16.3. The summed E-state index contributed by atoms with van der Waals surface area (Å²) in [7, 11) is 0. The Morgan fingerprint density at radius 2 is 1.70 bits per heavy atom. The number of amides is 3. The van der Waals surface area contributed by atoms with Crippen LogP contribution in [0.4, 0.5) is 4.79 Å². The van der Waals surface area contributed by atoms with Gasteiger partial charge in [-0.15, -0.1) is 0 Å². The molecule has 0 bridgehead atoms. The summed E-state index contributed by atoms with van der Waals surface area (Å²) in [4.78, 5) is 38.9. The van der Waals surface area contributed by atoms with E-state index in [1.165, 1.54) is 0 Å². The number of nitrogens with zero attached hydrogens (tertiary/aromatic N) is 1. The van der Waals surface area contributed by atoms with Crippen LogP contribution in [0.15, 0.2) is 30.3 Å². The average molecular weight is 375 g/mol. The molecule has 0 aliphatic carbocycles. The lowest BCUT2D eigenvalue weighted by atomic mass is 10.1. The summed E-state index contributed by atoms with van der Waals surface area (Å²) in [6, 6.07) is 7.94. The first-order valence-electron chi connectivity index (χ1n) is 9.36. The maximum atomic E-state index is 12.7. The van der Waals surface area contributed by atoms with Crippen LogP contribution in [0.3, 0.4) is 0 Å². The van der Waals surface area contributed by atoms with E-state index < -0.39 is 23.6 Å². The van der Waals surface area contributed by atoms with Gasteiger partial charge in [0.1, 0.15) is 11.6 Å². The second-order valence-corrected chi connectivity index (χ2v) is 7.65. The number of piperidine rings is 1. The summed E-state index contributed by atoms with van der Waals surface area (Å²) >= 11 is 0. The summed E-state index contributed by atoms with van der Waals surface area (Å²) in [6.45, 7) is 6.63. The predicted molar refractivity (Wildman–Crippen MR) is 102 cm³/mol. The van der Waals surface area contributed by atoms with Crippen molar-refractivity contribution in [2.24, 2.45) is 0 Å². The molecule has 2 N–H and O–H groups in total. The number of rotatable bonds is 5. The summed E-state index contributed by atoms with van der Waals surface area (Å²) in [5.74, 6) is -0.551. The van der Waals surface area contributed by atoms with Crippen LogP contribution in [-0.2, 0) is 14.3 Å². The Labute approximate surface area is 160 Å². The van der Waals surface area contributed by atoms with E-state index in [1.54, 1.807) is 49.9 Å². The molecule has 1 unspecified atom stereocenters. The van der Waals surface area contributed by atoms with Crippen LogP contribution in [0.5, 0.6) is 0 Å². The van der Waals surface area contributed by atoms with Crippen LogP contribution in [0.25, 0.3) is 0 Å². The maximum absolute atomic E-state index is 12.7. The Balaban J connectivity index is 2.00. The van der Waals surface area contributed by atoms with E-state index >= 15 is 0 Å². The van der Waals surface area contributed by atoms with Crippen molar-refractivity contribution in [3.05, 3.63) is 35.9 Å². The molecule has 1 atom stereocenters. The molecule has 0 saturated carbocycles. The van der Waals surface area contributed by atoms with Gasteiger partial charge < -0.3 is 20.3 Å². The largest absolute Gasteiger partial charge is 0.444 e. The second kappa shape index (κ2) is 9.39. The van der Waals surface area contributed by atoms with Gasteiger partial charge in [0.15, 0.2) is 0 Å². The lowest BCUT2D eigenvalue weighted by Crippen LogP contribution is -2.47. The number of carbonyl (C=O) groups is 3. The molecule has 1 aliphatic heterocycles. The highest BCUT2D eigenvalue weighted by molar-refractivity contribution is 5.90. The zero-order chi connectivity index (χ0) is 19.9. The van der Waals surface area contributed by atoms with E-state index in [2.05, 4.69) is 10.6 Å². The van der Waals surface area contributed by atoms with E-state index in [0.29, 0.717) is 5.56 Å². The molecule has 1 heterocycles. The van der Waals surface area contributed by atoms with Gasteiger partial charge in [-0.3, -0.25) is 9.59 Å². The van der Waals surface area contributed by atoms with Gasteiger partial charge in [-0.25, -0.2) is 4.79 Å². The maximum Gasteiger partial charge on any atom is 0.408 e. The van der Waals surface area contributed by atoms with Gasteiger partial charge in [-0.2, -0.15) is 0 Å². The first-order chi connectivity index (χ1) is 12.8. The summed E-state index contributed by atoms with van der Waals surface area (Å²) < 4.78 is 5.26. The normalized spacial score (nSPS) is 15.6. The topological polar surface area (TPSA) is 87.7 Å². The smallest absolute Gasteiger partial charge is 0.408 e. The monoisotopic (exact) mass is 375 g/mol. The Morgan fingerprint density at radius 3 is 2.30 bits per heavy atom. The molecule has 1 aromatic carbocycles. The molecule has 1 saturated heterocycles. The number of hydrogen-bond donors (Lipinski definition) is 2. The highest BCUT2D eigenvalue weighted by atomic mass is 16.6. The molecular formula is C20H29N3O4. The van der Waals surface area contributed by atoms with Gasteiger partial charge >= 0.3 is 6.09 Å². The first-order valence-corrected chi connectivity index (χ1v) is 9.36. The van der Waals surface area contributed by atoms with E-state index in [9.17, 15) is 14.4 Å². The molecule has 148 valence electrons. The number of likely N-dealkylation sites (tertiary alicyclic amines) is 1. The fourth-order valence-corrected chi connectivity index (χ4v) is 2.89. The van der Waals surface area contributed by atoms with Crippen LogP contribution < -0.4 is 10.6 Å². The van der Waals surface area contributed by atoms with Crippen molar-refractivity contribution in [3.63, 3.8) is 0 Å². The number of carbonyl (C=O) groups excluding carboxylic acids is 3. The molecule has 7 heteroatoms. The molecule has 7 nitrogen and oxygen atoms in total. The first kappa shape index (κ1) is 20.7. The summed E-state index contributed by atoms with van der Waals surface area (Å²) in [5.41, 5.74) is -0.0577. The van der Waals surface area contributed by atoms with Gasteiger partial charge in [-0.05, 0) is 45.6 Å². The van der Waals surface area contributed by atoms with Gasteiger partial charge in [0.2, 0.25) is 11.8 Å². The van der Waals surface area contributed by atoms with Gasteiger partial charge in [0.25, 0.3) is 0 Å². The minimum absolute atomic E-state index is 0.0852. The van der Waals surface area contributed by atoms with E-state index in [0.717, 1.165) is 32.4 Å². The fraction of sp³-hybridized carbons (Fsp3) is 0.550. The summed E-state index contributed by atoms with van der Waals surface area (Å²) in [5, 5.41) is 5.24. The van der Waals surface area contributed by atoms with Crippen molar-refractivity contribution in [1.82, 2.24) is 15.5 Å². The van der Waals surface area contributed by atoms with Crippen molar-refractivity contribution in [2.45, 2.75) is 51.7 Å². The van der Waals surface area contributed by atoms with Gasteiger partial charge in [-0.1, -0.05) is 30.3 Å².